The molecular formula is C13H16FN3S. The van der Waals surface area contributed by atoms with Crippen LogP contribution in [0.1, 0.15) is 30.5 Å². The van der Waals surface area contributed by atoms with Gasteiger partial charge in [-0.1, -0.05) is 24.3 Å². The molecule has 96 valence electrons. The maximum absolute atomic E-state index is 13.8. The fourth-order valence-corrected chi connectivity index (χ4v) is 2.60. The summed E-state index contributed by atoms with van der Waals surface area (Å²) in [5.74, 6) is -0.242. The summed E-state index contributed by atoms with van der Waals surface area (Å²) >= 11 is 1.43. The molecule has 0 amide bonds. The van der Waals surface area contributed by atoms with Gasteiger partial charge in [0.15, 0.2) is 5.01 Å². The highest BCUT2D eigenvalue weighted by atomic mass is 32.1. The van der Waals surface area contributed by atoms with Gasteiger partial charge in [-0.15, -0.1) is 10.2 Å². The number of aryl methyl sites for hydroxylation is 1. The van der Waals surface area contributed by atoms with Crippen molar-refractivity contribution in [1.29, 1.82) is 0 Å². The molecule has 1 heterocycles. The van der Waals surface area contributed by atoms with E-state index in [9.17, 15) is 4.39 Å². The van der Waals surface area contributed by atoms with Crippen LogP contribution in [-0.2, 0) is 0 Å². The molecule has 3 nitrogen and oxygen atoms in total. The van der Waals surface area contributed by atoms with Gasteiger partial charge >= 0.3 is 0 Å². The van der Waals surface area contributed by atoms with Crippen molar-refractivity contribution < 1.29 is 4.39 Å². The number of benzene rings is 1. The van der Waals surface area contributed by atoms with E-state index in [4.69, 9.17) is 0 Å². The predicted molar refractivity (Wildman–Crippen MR) is 72.1 cm³/mol. The third-order valence-corrected chi connectivity index (χ3v) is 3.82. The lowest BCUT2D eigenvalue weighted by atomic mass is 10.1. The second kappa shape index (κ2) is 5.54. The topological polar surface area (TPSA) is 37.8 Å². The summed E-state index contributed by atoms with van der Waals surface area (Å²) < 4.78 is 13.8. The van der Waals surface area contributed by atoms with Crippen LogP contribution in [0.3, 0.4) is 0 Å². The lowest BCUT2D eigenvalue weighted by Crippen LogP contribution is -2.17. The zero-order valence-electron chi connectivity index (χ0n) is 10.7. The van der Waals surface area contributed by atoms with Crippen LogP contribution in [0.2, 0.25) is 0 Å². The molecule has 0 aliphatic heterocycles. The van der Waals surface area contributed by atoms with Crippen molar-refractivity contribution in [2.45, 2.75) is 26.8 Å². The van der Waals surface area contributed by atoms with Crippen molar-refractivity contribution >= 4 is 11.3 Å². The number of rotatable bonds is 4. The van der Waals surface area contributed by atoms with Crippen molar-refractivity contribution in [3.63, 3.8) is 0 Å². The first kappa shape index (κ1) is 13.1. The van der Waals surface area contributed by atoms with Crippen LogP contribution in [0, 0.1) is 12.7 Å². The SMILES string of the molecule is CCNC(C)c1nnc(-c2ccc(C)cc2F)s1. The van der Waals surface area contributed by atoms with Gasteiger partial charge in [-0.2, -0.15) is 0 Å². The van der Waals surface area contributed by atoms with Crippen molar-refractivity contribution in [1.82, 2.24) is 15.5 Å². The third-order valence-electron chi connectivity index (χ3n) is 2.68. The Balaban J connectivity index is 2.29. The highest BCUT2D eigenvalue weighted by Gasteiger charge is 2.14. The molecular weight excluding hydrogens is 249 g/mol. The van der Waals surface area contributed by atoms with Gasteiger partial charge < -0.3 is 5.32 Å². The van der Waals surface area contributed by atoms with E-state index in [1.165, 1.54) is 17.4 Å². The summed E-state index contributed by atoms with van der Waals surface area (Å²) in [6.07, 6.45) is 0. The normalized spacial score (nSPS) is 12.7. The first-order valence-corrected chi connectivity index (χ1v) is 6.76. The molecule has 5 heteroatoms. The lowest BCUT2D eigenvalue weighted by molar-refractivity contribution is 0.590. The second-order valence-corrected chi connectivity index (χ2v) is 5.22. The van der Waals surface area contributed by atoms with Gasteiger partial charge in [-0.25, -0.2) is 4.39 Å². The minimum atomic E-state index is -0.242. The molecule has 0 fully saturated rings. The van der Waals surface area contributed by atoms with E-state index in [0.29, 0.717) is 10.6 Å². The second-order valence-electron chi connectivity index (χ2n) is 4.21. The monoisotopic (exact) mass is 265 g/mol. The van der Waals surface area contributed by atoms with E-state index in [0.717, 1.165) is 17.1 Å². The molecule has 0 saturated heterocycles. The molecule has 1 N–H and O–H groups in total. The predicted octanol–water partition coefficient (Wildman–Crippen LogP) is 3.32. The van der Waals surface area contributed by atoms with Gasteiger partial charge in [0.25, 0.3) is 0 Å². The van der Waals surface area contributed by atoms with E-state index in [1.54, 1.807) is 6.07 Å². The molecule has 0 spiro atoms. The van der Waals surface area contributed by atoms with Crippen LogP contribution >= 0.6 is 11.3 Å². The van der Waals surface area contributed by atoms with Crippen LogP contribution in [-0.4, -0.2) is 16.7 Å². The molecule has 0 saturated carbocycles. The van der Waals surface area contributed by atoms with E-state index < -0.39 is 0 Å². The van der Waals surface area contributed by atoms with Gasteiger partial charge in [-0.05, 0) is 38.1 Å². The smallest absolute Gasteiger partial charge is 0.150 e. The Bertz CT molecular complexity index is 539. The Morgan fingerprint density at radius 1 is 1.39 bits per heavy atom. The molecule has 0 bridgehead atoms. The average Bonchev–Trinajstić information content (AvgIpc) is 2.78. The highest BCUT2D eigenvalue weighted by Crippen LogP contribution is 2.28. The van der Waals surface area contributed by atoms with Gasteiger partial charge in [0.1, 0.15) is 10.8 Å². The molecule has 2 rings (SSSR count). The van der Waals surface area contributed by atoms with E-state index >= 15 is 0 Å². The number of hydrogen-bond acceptors (Lipinski definition) is 4. The van der Waals surface area contributed by atoms with Crippen LogP contribution in [0.25, 0.3) is 10.6 Å². The number of hydrogen-bond donors (Lipinski definition) is 1. The molecule has 0 aliphatic carbocycles. The minimum absolute atomic E-state index is 0.148. The Hall–Kier alpha value is -1.33. The van der Waals surface area contributed by atoms with E-state index in [2.05, 4.69) is 15.5 Å². The number of halogens is 1. The molecule has 2 aromatic rings. The number of nitrogens with zero attached hydrogens (tertiary/aromatic N) is 2. The molecule has 1 aromatic carbocycles. The molecule has 1 aromatic heterocycles. The largest absolute Gasteiger partial charge is 0.308 e. The lowest BCUT2D eigenvalue weighted by Gasteiger charge is -2.06. The first-order chi connectivity index (χ1) is 8.61. The van der Waals surface area contributed by atoms with Crippen LogP contribution < -0.4 is 5.32 Å². The van der Waals surface area contributed by atoms with Crippen molar-refractivity contribution in [3.8, 4) is 10.6 Å². The maximum Gasteiger partial charge on any atom is 0.150 e. The summed E-state index contributed by atoms with van der Waals surface area (Å²) in [6.45, 7) is 6.80. The van der Waals surface area contributed by atoms with Crippen LogP contribution in [0.15, 0.2) is 18.2 Å². The van der Waals surface area contributed by atoms with Gasteiger partial charge in [0, 0.05) is 5.56 Å². The summed E-state index contributed by atoms with van der Waals surface area (Å²) in [5.41, 5.74) is 1.43. The van der Waals surface area contributed by atoms with Crippen LogP contribution in [0.4, 0.5) is 4.39 Å². The quantitative estimate of drug-likeness (QED) is 0.921. The summed E-state index contributed by atoms with van der Waals surface area (Å²) in [7, 11) is 0. The molecule has 1 unspecified atom stereocenters. The van der Waals surface area contributed by atoms with Gasteiger partial charge in [0.2, 0.25) is 0 Å². The summed E-state index contributed by atoms with van der Waals surface area (Å²) in [6, 6.07) is 5.30. The zero-order chi connectivity index (χ0) is 13.1. The fourth-order valence-electron chi connectivity index (χ4n) is 1.71. The Kier molecular flexibility index (Phi) is 4.04. The average molecular weight is 265 g/mol. The Morgan fingerprint density at radius 3 is 2.83 bits per heavy atom. The van der Waals surface area contributed by atoms with Crippen molar-refractivity contribution in [3.05, 3.63) is 34.6 Å². The Labute approximate surface area is 110 Å². The maximum atomic E-state index is 13.8. The molecule has 18 heavy (non-hydrogen) atoms. The highest BCUT2D eigenvalue weighted by molar-refractivity contribution is 7.14. The molecule has 0 radical (unpaired) electrons. The van der Waals surface area contributed by atoms with Crippen molar-refractivity contribution in [2.75, 3.05) is 6.54 Å². The minimum Gasteiger partial charge on any atom is -0.308 e. The number of nitrogens with one attached hydrogen (secondary N) is 1. The summed E-state index contributed by atoms with van der Waals surface area (Å²) in [5, 5.41) is 13.0. The van der Waals surface area contributed by atoms with E-state index in [1.807, 2.05) is 26.8 Å². The standard InChI is InChI=1S/C13H16FN3S/c1-4-15-9(3)12-16-17-13(18-12)10-6-5-8(2)7-11(10)14/h5-7,9,15H,4H2,1-3H3. The van der Waals surface area contributed by atoms with Gasteiger partial charge in [-0.3, -0.25) is 0 Å². The fraction of sp³-hybridized carbons (Fsp3) is 0.385. The van der Waals surface area contributed by atoms with Crippen molar-refractivity contribution in [2.24, 2.45) is 0 Å². The Morgan fingerprint density at radius 2 is 2.17 bits per heavy atom. The first-order valence-electron chi connectivity index (χ1n) is 5.95. The van der Waals surface area contributed by atoms with Crippen LogP contribution in [0.5, 0.6) is 0 Å². The third kappa shape index (κ3) is 2.73. The van der Waals surface area contributed by atoms with E-state index in [-0.39, 0.29) is 11.9 Å². The zero-order valence-corrected chi connectivity index (χ0v) is 11.5. The molecule has 0 aliphatic rings. The number of aromatic nitrogens is 2. The molecule has 1 atom stereocenters. The summed E-state index contributed by atoms with van der Waals surface area (Å²) in [4.78, 5) is 0. The van der Waals surface area contributed by atoms with Gasteiger partial charge in [0.05, 0.1) is 6.04 Å².